The first-order valence-electron chi connectivity index (χ1n) is 11.5. The molecular formula is C27H31NO3S. The molecule has 1 atom stereocenters. The summed E-state index contributed by atoms with van der Waals surface area (Å²) in [6.07, 6.45) is 5.23. The number of thiophene rings is 1. The number of rotatable bonds is 11. The number of nitrogens with zero attached hydrogens (tertiary/aromatic N) is 1. The lowest BCUT2D eigenvalue weighted by atomic mass is 10.1. The summed E-state index contributed by atoms with van der Waals surface area (Å²) in [5.74, 6) is 0.216. The second-order valence-corrected chi connectivity index (χ2v) is 9.61. The number of hydrogen-bond acceptors (Lipinski definition) is 4. The minimum absolute atomic E-state index is 0.264. The van der Waals surface area contributed by atoms with Gasteiger partial charge in [-0.15, -0.1) is 11.3 Å². The Hall–Kier alpha value is -2.63. The van der Waals surface area contributed by atoms with E-state index in [0.717, 1.165) is 44.5 Å². The van der Waals surface area contributed by atoms with Crippen molar-refractivity contribution in [1.29, 1.82) is 0 Å². The van der Waals surface area contributed by atoms with Gasteiger partial charge in [0.2, 0.25) is 0 Å². The second-order valence-electron chi connectivity index (χ2n) is 8.45. The smallest absolute Gasteiger partial charge is 0.303 e. The van der Waals surface area contributed by atoms with Crippen molar-refractivity contribution >= 4 is 17.3 Å². The lowest BCUT2D eigenvalue weighted by Crippen LogP contribution is -2.35. The molecule has 5 heteroatoms. The van der Waals surface area contributed by atoms with Gasteiger partial charge in [-0.3, -0.25) is 9.69 Å². The highest BCUT2D eigenvalue weighted by molar-refractivity contribution is 7.15. The lowest BCUT2D eigenvalue weighted by Gasteiger charge is -2.24. The standard InChI is InChI=1S/C27H31NO3S/c29-27(30)10-4-5-17-28-18-6-9-23(28)20-31-24-13-11-21(12-14-24)19-25-15-16-26(32-25)22-7-2-1-3-8-22/h1-3,7-8,11-16,23H,4-6,9-10,17-20H2,(H,29,30)/t23-/m1/s1. The highest BCUT2D eigenvalue weighted by atomic mass is 32.1. The maximum Gasteiger partial charge on any atom is 0.303 e. The van der Waals surface area contributed by atoms with Gasteiger partial charge in [-0.2, -0.15) is 0 Å². The Kier molecular flexibility index (Phi) is 7.97. The third-order valence-corrected chi connectivity index (χ3v) is 7.18. The van der Waals surface area contributed by atoms with Crippen LogP contribution in [0.3, 0.4) is 0 Å². The fourth-order valence-electron chi connectivity index (χ4n) is 4.30. The van der Waals surface area contributed by atoms with Crippen molar-refractivity contribution in [3.8, 4) is 16.2 Å². The van der Waals surface area contributed by atoms with Crippen LogP contribution in [0.5, 0.6) is 5.75 Å². The number of aliphatic carboxylic acids is 1. The van der Waals surface area contributed by atoms with Crippen molar-refractivity contribution in [1.82, 2.24) is 4.90 Å². The maximum absolute atomic E-state index is 10.7. The summed E-state index contributed by atoms with van der Waals surface area (Å²) in [6.45, 7) is 2.75. The van der Waals surface area contributed by atoms with Crippen LogP contribution in [0.2, 0.25) is 0 Å². The molecule has 1 aliphatic heterocycles. The number of benzene rings is 2. The molecule has 4 nitrogen and oxygen atoms in total. The van der Waals surface area contributed by atoms with E-state index >= 15 is 0 Å². The molecule has 0 radical (unpaired) electrons. The fourth-order valence-corrected chi connectivity index (χ4v) is 5.34. The summed E-state index contributed by atoms with van der Waals surface area (Å²) in [7, 11) is 0. The third-order valence-electron chi connectivity index (χ3n) is 6.05. The van der Waals surface area contributed by atoms with E-state index in [2.05, 4.69) is 65.6 Å². The molecule has 0 unspecified atom stereocenters. The van der Waals surface area contributed by atoms with Crippen molar-refractivity contribution < 1.29 is 14.6 Å². The van der Waals surface area contributed by atoms with Gasteiger partial charge in [0, 0.05) is 28.6 Å². The Morgan fingerprint density at radius 2 is 1.84 bits per heavy atom. The van der Waals surface area contributed by atoms with E-state index in [4.69, 9.17) is 9.84 Å². The van der Waals surface area contributed by atoms with Crippen LogP contribution < -0.4 is 4.74 Å². The molecule has 0 spiro atoms. The van der Waals surface area contributed by atoms with Gasteiger partial charge < -0.3 is 9.84 Å². The Morgan fingerprint density at radius 1 is 1.03 bits per heavy atom. The number of unbranched alkanes of at least 4 members (excludes halogenated alkanes) is 1. The first kappa shape index (κ1) is 22.6. The minimum Gasteiger partial charge on any atom is -0.492 e. The molecule has 3 aromatic rings. The zero-order valence-electron chi connectivity index (χ0n) is 18.4. The van der Waals surface area contributed by atoms with E-state index in [0.29, 0.717) is 12.6 Å². The fraction of sp³-hybridized carbons (Fsp3) is 0.370. The maximum atomic E-state index is 10.7. The summed E-state index contributed by atoms with van der Waals surface area (Å²) in [6, 6.07) is 23.9. The highest BCUT2D eigenvalue weighted by Gasteiger charge is 2.24. The predicted molar refractivity (Wildman–Crippen MR) is 131 cm³/mol. The average molecular weight is 450 g/mol. The molecule has 0 saturated carbocycles. The molecule has 0 aliphatic carbocycles. The topological polar surface area (TPSA) is 49.8 Å². The minimum atomic E-state index is -0.703. The normalized spacial score (nSPS) is 16.3. The van der Waals surface area contributed by atoms with E-state index in [9.17, 15) is 4.79 Å². The predicted octanol–water partition coefficient (Wildman–Crippen LogP) is 6.10. The Bertz CT molecular complexity index is 984. The van der Waals surface area contributed by atoms with E-state index < -0.39 is 5.97 Å². The van der Waals surface area contributed by atoms with Gasteiger partial charge >= 0.3 is 5.97 Å². The molecule has 1 N–H and O–H groups in total. The molecule has 1 aromatic heterocycles. The molecular weight excluding hydrogens is 418 g/mol. The van der Waals surface area contributed by atoms with Gasteiger partial charge in [0.25, 0.3) is 0 Å². The zero-order chi connectivity index (χ0) is 22.2. The van der Waals surface area contributed by atoms with Crippen LogP contribution in [0, 0.1) is 0 Å². The van der Waals surface area contributed by atoms with Gasteiger partial charge in [0.15, 0.2) is 0 Å². The molecule has 2 aromatic carbocycles. The number of hydrogen-bond donors (Lipinski definition) is 1. The molecule has 0 amide bonds. The number of likely N-dealkylation sites (tertiary alicyclic amines) is 1. The number of ether oxygens (including phenoxy) is 1. The van der Waals surface area contributed by atoms with Crippen LogP contribution in [-0.2, 0) is 11.2 Å². The molecule has 32 heavy (non-hydrogen) atoms. The Morgan fingerprint density at radius 3 is 2.62 bits per heavy atom. The Balaban J connectivity index is 1.24. The number of carbonyl (C=O) groups is 1. The van der Waals surface area contributed by atoms with Crippen molar-refractivity contribution in [2.45, 2.75) is 44.6 Å². The molecule has 1 saturated heterocycles. The monoisotopic (exact) mass is 449 g/mol. The summed E-state index contributed by atoms with van der Waals surface area (Å²) < 4.78 is 6.10. The molecule has 0 bridgehead atoms. The summed E-state index contributed by atoms with van der Waals surface area (Å²) in [5.41, 5.74) is 2.56. The molecule has 1 fully saturated rings. The van der Waals surface area contributed by atoms with Crippen molar-refractivity contribution in [2.24, 2.45) is 0 Å². The van der Waals surface area contributed by atoms with Crippen molar-refractivity contribution in [2.75, 3.05) is 19.7 Å². The first-order chi connectivity index (χ1) is 15.7. The van der Waals surface area contributed by atoms with Crippen LogP contribution >= 0.6 is 11.3 Å². The number of carboxylic acid groups (broad SMARTS) is 1. The molecule has 168 valence electrons. The molecule has 2 heterocycles. The van der Waals surface area contributed by atoms with Gasteiger partial charge in [-0.05, 0) is 74.2 Å². The van der Waals surface area contributed by atoms with Crippen molar-refractivity contribution in [3.05, 3.63) is 77.2 Å². The summed E-state index contributed by atoms with van der Waals surface area (Å²) in [5, 5.41) is 8.79. The largest absolute Gasteiger partial charge is 0.492 e. The van der Waals surface area contributed by atoms with Gasteiger partial charge in [0.1, 0.15) is 12.4 Å². The molecule has 1 aliphatic rings. The van der Waals surface area contributed by atoms with E-state index in [1.54, 1.807) is 0 Å². The third kappa shape index (κ3) is 6.44. The average Bonchev–Trinajstić information content (AvgIpc) is 3.46. The summed E-state index contributed by atoms with van der Waals surface area (Å²) >= 11 is 1.85. The van der Waals surface area contributed by atoms with E-state index in [-0.39, 0.29) is 6.42 Å². The van der Waals surface area contributed by atoms with Gasteiger partial charge in [0.05, 0.1) is 0 Å². The summed E-state index contributed by atoms with van der Waals surface area (Å²) in [4.78, 5) is 15.8. The van der Waals surface area contributed by atoms with Crippen LogP contribution in [0.4, 0.5) is 0 Å². The van der Waals surface area contributed by atoms with E-state index in [1.807, 2.05) is 17.4 Å². The van der Waals surface area contributed by atoms with Crippen molar-refractivity contribution in [3.63, 3.8) is 0 Å². The highest BCUT2D eigenvalue weighted by Crippen LogP contribution is 2.29. The molecule has 4 rings (SSSR count). The van der Waals surface area contributed by atoms with Gasteiger partial charge in [-0.1, -0.05) is 42.5 Å². The first-order valence-corrected chi connectivity index (χ1v) is 12.3. The van der Waals surface area contributed by atoms with Crippen LogP contribution in [-0.4, -0.2) is 41.7 Å². The van der Waals surface area contributed by atoms with Gasteiger partial charge in [-0.25, -0.2) is 0 Å². The van der Waals surface area contributed by atoms with Crippen LogP contribution in [0.15, 0.2) is 66.7 Å². The van der Waals surface area contributed by atoms with E-state index in [1.165, 1.54) is 27.3 Å². The van der Waals surface area contributed by atoms with Crippen LogP contribution in [0.1, 0.15) is 42.5 Å². The quantitative estimate of drug-likeness (QED) is 0.359. The number of carboxylic acids is 1. The second kappa shape index (κ2) is 11.3. The Labute approximate surface area is 194 Å². The SMILES string of the molecule is O=C(O)CCCCN1CCC[C@@H]1COc1ccc(Cc2ccc(-c3ccccc3)s2)cc1. The lowest BCUT2D eigenvalue weighted by molar-refractivity contribution is -0.137. The zero-order valence-corrected chi connectivity index (χ0v) is 19.2. The van der Waals surface area contributed by atoms with Crippen LogP contribution in [0.25, 0.3) is 10.4 Å².